The molecule has 0 aromatic heterocycles. The van der Waals surface area contributed by atoms with Gasteiger partial charge in [-0.15, -0.1) is 0 Å². The van der Waals surface area contributed by atoms with E-state index in [0.717, 1.165) is 19.4 Å². The monoisotopic (exact) mass is 333 g/mol. The van der Waals surface area contributed by atoms with Gasteiger partial charge in [0.05, 0.1) is 18.1 Å². The summed E-state index contributed by atoms with van der Waals surface area (Å²) in [5.41, 5.74) is -0.643. The molecule has 1 saturated carbocycles. The van der Waals surface area contributed by atoms with Crippen LogP contribution in [-0.2, 0) is 9.53 Å². The number of aliphatic hydroxyl groups is 1. The molecule has 2 rings (SSSR count). The van der Waals surface area contributed by atoms with Gasteiger partial charge in [-0.25, -0.2) is 0 Å². The fraction of sp³-hybridized carbons (Fsp3) is 0.933. The molecule has 1 unspecified atom stereocenters. The minimum atomic E-state index is -0.643. The van der Waals surface area contributed by atoms with Gasteiger partial charge in [-0.2, -0.15) is 23.5 Å². The van der Waals surface area contributed by atoms with Crippen LogP contribution < -0.4 is 5.32 Å². The summed E-state index contributed by atoms with van der Waals surface area (Å²) < 4.78 is 5.07. The maximum Gasteiger partial charge on any atom is 0.308 e. The number of hydrogen-bond donors (Lipinski definition) is 2. The summed E-state index contributed by atoms with van der Waals surface area (Å²) in [4.78, 5) is 11.7. The second-order valence-corrected chi connectivity index (χ2v) is 8.51. The Morgan fingerprint density at radius 2 is 2.14 bits per heavy atom. The normalized spacial score (nSPS) is 33.6. The van der Waals surface area contributed by atoms with E-state index in [2.05, 4.69) is 5.32 Å². The van der Waals surface area contributed by atoms with E-state index in [0.29, 0.717) is 31.2 Å². The van der Waals surface area contributed by atoms with Crippen molar-refractivity contribution in [3.63, 3.8) is 0 Å². The lowest BCUT2D eigenvalue weighted by molar-refractivity contribution is -0.151. The van der Waals surface area contributed by atoms with Gasteiger partial charge in [0.1, 0.15) is 0 Å². The first-order valence-electron chi connectivity index (χ1n) is 7.92. The van der Waals surface area contributed by atoms with Crippen LogP contribution in [0.5, 0.6) is 0 Å². The van der Waals surface area contributed by atoms with Gasteiger partial charge in [-0.1, -0.05) is 0 Å². The SMILES string of the molecule is CCOC(=O)C1CCC(O)(CNCC2CSCCS2)CC1. The van der Waals surface area contributed by atoms with E-state index in [4.69, 9.17) is 4.74 Å². The van der Waals surface area contributed by atoms with Crippen LogP contribution in [0.25, 0.3) is 0 Å². The molecule has 21 heavy (non-hydrogen) atoms. The maximum atomic E-state index is 11.7. The van der Waals surface area contributed by atoms with Crippen molar-refractivity contribution in [2.45, 2.75) is 43.5 Å². The lowest BCUT2D eigenvalue weighted by Gasteiger charge is -2.35. The molecule has 1 atom stereocenters. The Morgan fingerprint density at radius 3 is 2.76 bits per heavy atom. The maximum absolute atomic E-state index is 11.7. The van der Waals surface area contributed by atoms with Crippen LogP contribution in [0.1, 0.15) is 32.6 Å². The van der Waals surface area contributed by atoms with Crippen LogP contribution >= 0.6 is 23.5 Å². The molecule has 4 nitrogen and oxygen atoms in total. The molecule has 1 heterocycles. The number of nitrogens with one attached hydrogen (secondary N) is 1. The fourth-order valence-electron chi connectivity index (χ4n) is 2.95. The van der Waals surface area contributed by atoms with Crippen molar-refractivity contribution in [3.05, 3.63) is 0 Å². The van der Waals surface area contributed by atoms with E-state index in [1.54, 1.807) is 0 Å². The molecule has 0 spiro atoms. The second-order valence-electron chi connectivity index (χ2n) is 5.95. The standard InChI is InChI=1S/C15H27NO3S2/c1-2-19-14(17)12-3-5-15(18,6-4-12)11-16-9-13-10-20-7-8-21-13/h12-13,16,18H,2-11H2,1H3. The Kier molecular flexibility index (Phi) is 7.19. The number of thioether (sulfide) groups is 2. The van der Waals surface area contributed by atoms with Crippen LogP contribution in [0.4, 0.5) is 0 Å². The minimum absolute atomic E-state index is 0.0180. The molecule has 122 valence electrons. The van der Waals surface area contributed by atoms with Crippen LogP contribution in [0, 0.1) is 5.92 Å². The number of hydrogen-bond acceptors (Lipinski definition) is 6. The lowest BCUT2D eigenvalue weighted by Crippen LogP contribution is -2.46. The molecule has 2 aliphatic rings. The van der Waals surface area contributed by atoms with Crippen molar-refractivity contribution in [3.8, 4) is 0 Å². The Labute approximate surface area is 136 Å². The Morgan fingerprint density at radius 1 is 1.38 bits per heavy atom. The average molecular weight is 334 g/mol. The summed E-state index contributed by atoms with van der Waals surface area (Å²) in [6.45, 7) is 3.90. The van der Waals surface area contributed by atoms with Crippen molar-refractivity contribution >= 4 is 29.5 Å². The summed E-state index contributed by atoms with van der Waals surface area (Å²) in [6, 6.07) is 0. The largest absolute Gasteiger partial charge is 0.466 e. The van der Waals surface area contributed by atoms with Crippen LogP contribution in [0.2, 0.25) is 0 Å². The van der Waals surface area contributed by atoms with Crippen molar-refractivity contribution in [1.29, 1.82) is 0 Å². The highest BCUT2D eigenvalue weighted by molar-refractivity contribution is 8.06. The average Bonchev–Trinajstić information content (AvgIpc) is 2.49. The molecular formula is C15H27NO3S2. The second kappa shape index (κ2) is 8.65. The van der Waals surface area contributed by atoms with Crippen molar-refractivity contribution in [2.75, 3.05) is 37.0 Å². The summed E-state index contributed by atoms with van der Waals surface area (Å²) >= 11 is 4.05. The van der Waals surface area contributed by atoms with Crippen molar-refractivity contribution < 1.29 is 14.6 Å². The topological polar surface area (TPSA) is 58.6 Å². The molecular weight excluding hydrogens is 306 g/mol. The quantitative estimate of drug-likeness (QED) is 0.724. The minimum Gasteiger partial charge on any atom is -0.466 e. The Balaban J connectivity index is 1.65. The first kappa shape index (κ1) is 17.4. The highest BCUT2D eigenvalue weighted by Gasteiger charge is 2.36. The van der Waals surface area contributed by atoms with E-state index in [1.807, 2.05) is 30.4 Å². The third kappa shape index (κ3) is 5.66. The third-order valence-electron chi connectivity index (χ3n) is 4.25. The van der Waals surface area contributed by atoms with Gasteiger partial charge in [0, 0.05) is 35.6 Å². The number of ether oxygens (including phenoxy) is 1. The van der Waals surface area contributed by atoms with Crippen LogP contribution in [0.15, 0.2) is 0 Å². The number of rotatable bonds is 6. The molecule has 1 aliphatic carbocycles. The zero-order valence-corrected chi connectivity index (χ0v) is 14.4. The highest BCUT2D eigenvalue weighted by atomic mass is 32.2. The van der Waals surface area contributed by atoms with Gasteiger partial charge < -0.3 is 15.2 Å². The third-order valence-corrected chi connectivity index (χ3v) is 7.09. The molecule has 0 radical (unpaired) electrons. The zero-order valence-electron chi connectivity index (χ0n) is 12.8. The van der Waals surface area contributed by atoms with Gasteiger partial charge in [0.25, 0.3) is 0 Å². The van der Waals surface area contributed by atoms with Gasteiger partial charge in [-0.3, -0.25) is 4.79 Å². The van der Waals surface area contributed by atoms with Crippen LogP contribution in [-0.4, -0.2) is 58.9 Å². The highest BCUT2D eigenvalue weighted by Crippen LogP contribution is 2.32. The van der Waals surface area contributed by atoms with Crippen molar-refractivity contribution in [1.82, 2.24) is 5.32 Å². The summed E-state index contributed by atoms with van der Waals surface area (Å²) in [5.74, 6) is 3.60. The molecule has 0 amide bonds. The number of carbonyl (C=O) groups excluding carboxylic acids is 1. The Bertz CT molecular complexity index is 327. The van der Waals surface area contributed by atoms with E-state index < -0.39 is 5.60 Å². The molecule has 0 aromatic rings. The molecule has 6 heteroatoms. The predicted octanol–water partition coefficient (Wildman–Crippen LogP) is 1.91. The fourth-order valence-corrected chi connectivity index (χ4v) is 5.59. The molecule has 0 aromatic carbocycles. The first-order valence-corrected chi connectivity index (χ1v) is 10.1. The summed E-state index contributed by atoms with van der Waals surface area (Å²) in [7, 11) is 0. The van der Waals surface area contributed by atoms with Gasteiger partial charge in [0.15, 0.2) is 0 Å². The molecule has 0 bridgehead atoms. The molecule has 2 N–H and O–H groups in total. The van der Waals surface area contributed by atoms with Crippen molar-refractivity contribution in [2.24, 2.45) is 5.92 Å². The molecule has 2 fully saturated rings. The first-order chi connectivity index (χ1) is 10.1. The van der Waals surface area contributed by atoms with E-state index in [9.17, 15) is 9.90 Å². The van der Waals surface area contributed by atoms with E-state index >= 15 is 0 Å². The van der Waals surface area contributed by atoms with Crippen LogP contribution in [0.3, 0.4) is 0 Å². The number of esters is 1. The van der Waals surface area contributed by atoms with Gasteiger partial charge in [-0.05, 0) is 32.6 Å². The molecule has 1 aliphatic heterocycles. The van der Waals surface area contributed by atoms with E-state index in [1.165, 1.54) is 17.3 Å². The van der Waals surface area contributed by atoms with Gasteiger partial charge in [0.2, 0.25) is 0 Å². The summed E-state index contributed by atoms with van der Waals surface area (Å²) in [5, 5.41) is 14.7. The van der Waals surface area contributed by atoms with E-state index in [-0.39, 0.29) is 11.9 Å². The smallest absolute Gasteiger partial charge is 0.308 e. The predicted molar refractivity (Wildman–Crippen MR) is 90.0 cm³/mol. The number of carbonyl (C=O) groups is 1. The zero-order chi connectivity index (χ0) is 15.1. The summed E-state index contributed by atoms with van der Waals surface area (Å²) in [6.07, 6.45) is 2.86. The molecule has 1 saturated heterocycles. The van der Waals surface area contributed by atoms with Gasteiger partial charge >= 0.3 is 5.97 Å². The lowest BCUT2D eigenvalue weighted by atomic mass is 9.79. The Hall–Kier alpha value is 0.0900.